The highest BCUT2D eigenvalue weighted by Crippen LogP contribution is 3.10. The number of carboxylic acid groups (broad SMARTS) is 1. The SMILES string of the molecule is O=C(O)C12C3C4C1C1C2C3C41C(=O)CC1c2ccccc2Sc2ccccc21. The molecule has 2 aromatic carbocycles. The minimum absolute atomic E-state index is 0.119. The molecule has 1 aliphatic heterocycles. The van der Waals surface area contributed by atoms with Crippen LogP contribution in [0.25, 0.3) is 0 Å². The van der Waals surface area contributed by atoms with Gasteiger partial charge in [0.1, 0.15) is 5.78 Å². The van der Waals surface area contributed by atoms with Crippen LogP contribution in [0.1, 0.15) is 23.5 Å². The lowest BCUT2D eigenvalue weighted by molar-refractivity contribution is -0.626. The van der Waals surface area contributed by atoms with Gasteiger partial charge < -0.3 is 5.11 Å². The highest BCUT2D eigenvalue weighted by Gasteiger charge is 3.12. The van der Waals surface area contributed by atoms with Crippen LogP contribution in [-0.4, -0.2) is 16.9 Å². The van der Waals surface area contributed by atoms with E-state index in [-0.39, 0.29) is 16.7 Å². The second kappa shape index (κ2) is 4.11. The van der Waals surface area contributed by atoms with Crippen molar-refractivity contribution in [3.05, 3.63) is 59.7 Å². The van der Waals surface area contributed by atoms with Gasteiger partial charge in [0.15, 0.2) is 0 Å². The summed E-state index contributed by atoms with van der Waals surface area (Å²) < 4.78 is 0. The molecule has 0 saturated heterocycles. The van der Waals surface area contributed by atoms with Gasteiger partial charge in [-0.15, -0.1) is 0 Å². The van der Waals surface area contributed by atoms with Gasteiger partial charge in [0, 0.05) is 27.5 Å². The third-order valence-corrected chi connectivity index (χ3v) is 10.9. The molecule has 138 valence electrons. The standard InChI is InChI=1S/C24H18O3S/c25-15(23-16-19-17(23)21-18(23)20(16)24(19,21)22(26)27)9-12-10-5-1-3-7-13(10)28-14-8-4-2-6-11(12)14/h1-8,12,16-21H,9H2,(H,26,27). The maximum atomic E-state index is 13.6. The van der Waals surface area contributed by atoms with E-state index in [1.54, 1.807) is 11.8 Å². The van der Waals surface area contributed by atoms with E-state index in [4.69, 9.17) is 0 Å². The average molecular weight is 386 g/mol. The molecular weight excluding hydrogens is 368 g/mol. The van der Waals surface area contributed by atoms with E-state index in [0.29, 0.717) is 47.7 Å². The third kappa shape index (κ3) is 1.08. The van der Waals surface area contributed by atoms with Gasteiger partial charge in [0.05, 0.1) is 5.41 Å². The van der Waals surface area contributed by atoms with Crippen molar-refractivity contribution in [2.75, 3.05) is 0 Å². The number of carboxylic acids is 1. The summed E-state index contributed by atoms with van der Waals surface area (Å²) in [4.78, 5) is 27.9. The number of Topliss-reactive ketones (excluding diaryl/α,β-unsaturated/α-hetero) is 1. The fourth-order valence-electron chi connectivity index (χ4n) is 9.10. The van der Waals surface area contributed by atoms with Crippen LogP contribution < -0.4 is 0 Å². The van der Waals surface area contributed by atoms with Crippen molar-refractivity contribution in [2.24, 2.45) is 46.3 Å². The van der Waals surface area contributed by atoms with Gasteiger partial charge in [-0.3, -0.25) is 9.59 Å². The molecule has 3 nitrogen and oxygen atoms in total. The Morgan fingerprint density at radius 2 is 1.25 bits per heavy atom. The average Bonchev–Trinajstić information content (AvgIpc) is 2.73. The molecule has 1 heterocycles. The molecule has 4 heteroatoms. The van der Waals surface area contributed by atoms with E-state index in [0.717, 1.165) is 0 Å². The maximum absolute atomic E-state index is 13.6. The molecule has 6 fully saturated rings. The molecule has 0 unspecified atom stereocenters. The summed E-state index contributed by atoms with van der Waals surface area (Å²) in [5, 5.41) is 9.68. The highest BCUT2D eigenvalue weighted by atomic mass is 32.2. The van der Waals surface area contributed by atoms with Crippen LogP contribution in [0.2, 0.25) is 0 Å². The van der Waals surface area contributed by atoms with Crippen LogP contribution >= 0.6 is 11.8 Å². The molecule has 2 aromatic rings. The number of rotatable bonds is 4. The molecule has 6 saturated carbocycles. The van der Waals surface area contributed by atoms with Crippen LogP contribution in [0.3, 0.4) is 0 Å². The van der Waals surface area contributed by atoms with Crippen molar-refractivity contribution >= 4 is 23.5 Å². The highest BCUT2D eigenvalue weighted by molar-refractivity contribution is 7.99. The van der Waals surface area contributed by atoms with Gasteiger partial charge in [0.25, 0.3) is 0 Å². The number of fused-ring (bicyclic) bond motifs is 2. The zero-order valence-corrected chi connectivity index (χ0v) is 15.9. The van der Waals surface area contributed by atoms with Crippen molar-refractivity contribution in [1.82, 2.24) is 0 Å². The van der Waals surface area contributed by atoms with Crippen LogP contribution in [0.4, 0.5) is 0 Å². The third-order valence-electron chi connectivity index (χ3n) is 9.68. The van der Waals surface area contributed by atoms with E-state index in [1.165, 1.54) is 20.9 Å². The van der Waals surface area contributed by atoms with Gasteiger partial charge in [-0.2, -0.15) is 0 Å². The van der Waals surface area contributed by atoms with E-state index in [1.807, 2.05) is 0 Å². The topological polar surface area (TPSA) is 54.4 Å². The van der Waals surface area contributed by atoms with Gasteiger partial charge in [-0.1, -0.05) is 48.2 Å². The minimum atomic E-state index is -0.579. The Balaban J connectivity index is 1.15. The molecule has 0 bridgehead atoms. The van der Waals surface area contributed by atoms with E-state index < -0.39 is 5.97 Å². The largest absolute Gasteiger partial charge is 0.481 e. The molecule has 0 radical (unpaired) electrons. The van der Waals surface area contributed by atoms with Gasteiger partial charge in [-0.25, -0.2) is 0 Å². The maximum Gasteiger partial charge on any atom is 0.310 e. The molecule has 6 aliphatic carbocycles. The van der Waals surface area contributed by atoms with E-state index >= 15 is 0 Å². The lowest BCUT2D eigenvalue weighted by atomic mass is 8.92. The number of hydrogen-bond donors (Lipinski definition) is 1. The molecule has 1 N–H and O–H groups in total. The predicted octanol–water partition coefficient (Wildman–Crippen LogP) is 4.06. The van der Waals surface area contributed by atoms with Crippen molar-refractivity contribution in [1.29, 1.82) is 0 Å². The molecular formula is C24H18O3S. The number of aliphatic carboxylic acids is 1. The summed E-state index contributed by atoms with van der Waals surface area (Å²) >= 11 is 1.80. The first-order valence-corrected chi connectivity index (χ1v) is 11.1. The number of carbonyl (C=O) groups excluding carboxylic acids is 1. The Bertz CT molecular complexity index is 1050. The van der Waals surface area contributed by atoms with Crippen molar-refractivity contribution in [2.45, 2.75) is 22.1 Å². The normalized spacial score (nSPS) is 46.4. The molecule has 7 aliphatic rings. The second-order valence-corrected chi connectivity index (χ2v) is 10.8. The number of ketones is 1. The van der Waals surface area contributed by atoms with Gasteiger partial charge >= 0.3 is 5.97 Å². The fraction of sp³-hybridized carbons (Fsp3) is 0.417. The Kier molecular flexibility index (Phi) is 2.18. The van der Waals surface area contributed by atoms with Gasteiger partial charge in [0.2, 0.25) is 0 Å². The fourth-order valence-corrected chi connectivity index (χ4v) is 10.3. The van der Waals surface area contributed by atoms with Crippen molar-refractivity contribution < 1.29 is 14.7 Å². The molecule has 28 heavy (non-hydrogen) atoms. The minimum Gasteiger partial charge on any atom is -0.481 e. The summed E-state index contributed by atoms with van der Waals surface area (Å²) in [6, 6.07) is 17.0. The molecule has 0 spiro atoms. The van der Waals surface area contributed by atoms with Gasteiger partial charge in [-0.05, 0) is 58.8 Å². The summed E-state index contributed by atoms with van der Waals surface area (Å²) in [5.41, 5.74) is 2.05. The number of hydrogen-bond acceptors (Lipinski definition) is 3. The van der Waals surface area contributed by atoms with E-state index in [9.17, 15) is 14.7 Å². The summed E-state index contributed by atoms with van der Waals surface area (Å²) in [6.45, 7) is 0. The van der Waals surface area contributed by atoms with Crippen LogP contribution in [0.5, 0.6) is 0 Å². The number of benzene rings is 2. The molecule has 9 rings (SSSR count). The van der Waals surface area contributed by atoms with E-state index in [2.05, 4.69) is 48.5 Å². The Labute approximate surface area is 166 Å². The molecule has 0 amide bonds. The Morgan fingerprint density at radius 1 is 0.786 bits per heavy atom. The smallest absolute Gasteiger partial charge is 0.310 e. The second-order valence-electron chi connectivity index (χ2n) is 9.68. The summed E-state index contributed by atoms with van der Waals surface area (Å²) in [5.74, 6) is 2.18. The Morgan fingerprint density at radius 3 is 1.75 bits per heavy atom. The first-order chi connectivity index (χ1) is 13.6. The molecule has 0 atom stereocenters. The monoisotopic (exact) mass is 386 g/mol. The summed E-state index contributed by atoms with van der Waals surface area (Å²) in [6.07, 6.45) is 0.574. The van der Waals surface area contributed by atoms with Crippen molar-refractivity contribution in [3.63, 3.8) is 0 Å². The first-order valence-electron chi connectivity index (χ1n) is 10.3. The summed E-state index contributed by atoms with van der Waals surface area (Å²) in [7, 11) is 0. The van der Waals surface area contributed by atoms with Crippen molar-refractivity contribution in [3.8, 4) is 0 Å². The van der Waals surface area contributed by atoms with Crippen LogP contribution in [0.15, 0.2) is 58.3 Å². The zero-order chi connectivity index (χ0) is 18.6. The van der Waals surface area contributed by atoms with Crippen LogP contribution in [0, 0.1) is 46.3 Å². The quantitative estimate of drug-likeness (QED) is 0.861. The Hall–Kier alpha value is -2.07. The van der Waals surface area contributed by atoms with Crippen LogP contribution in [-0.2, 0) is 9.59 Å². The zero-order valence-electron chi connectivity index (χ0n) is 15.0. The number of carbonyl (C=O) groups is 2. The lowest BCUT2D eigenvalue weighted by Crippen LogP contribution is -3.11. The lowest BCUT2D eigenvalue weighted by Gasteiger charge is -3.09. The predicted molar refractivity (Wildman–Crippen MR) is 102 cm³/mol. The molecule has 0 aromatic heterocycles. The first kappa shape index (κ1) is 14.9.